The topological polar surface area (TPSA) is 64.6 Å². The largest absolute Gasteiger partial charge is 0.466 e. The van der Waals surface area contributed by atoms with Gasteiger partial charge in [-0.2, -0.15) is 0 Å². The van der Waals surface area contributed by atoms with Crippen LogP contribution in [0.2, 0.25) is 0 Å². The first kappa shape index (κ1) is 14.5. The molecule has 108 valence electrons. The molecule has 0 spiro atoms. The van der Waals surface area contributed by atoms with E-state index in [1.807, 2.05) is 30.3 Å². The maximum atomic E-state index is 12.2. The summed E-state index contributed by atoms with van der Waals surface area (Å²) in [5.74, 6) is -0.737. The lowest BCUT2D eigenvalue weighted by molar-refractivity contribution is -0.146. The molecule has 1 heterocycles. The number of amides is 1. The normalized spacial score (nSPS) is 21.4. The van der Waals surface area contributed by atoms with Gasteiger partial charge in [-0.1, -0.05) is 18.2 Å². The van der Waals surface area contributed by atoms with E-state index in [9.17, 15) is 9.59 Å². The molecule has 0 saturated carbocycles. The molecule has 0 unspecified atom stereocenters. The predicted octanol–water partition coefficient (Wildman–Crippen LogP) is 1.98. The van der Waals surface area contributed by atoms with E-state index in [2.05, 4.69) is 5.32 Å². The average Bonchev–Trinajstić information content (AvgIpc) is 2.88. The summed E-state index contributed by atoms with van der Waals surface area (Å²) in [7, 11) is 0. The van der Waals surface area contributed by atoms with E-state index < -0.39 is 6.10 Å². The monoisotopic (exact) mass is 277 g/mol. The predicted molar refractivity (Wildman–Crippen MR) is 74.2 cm³/mol. The summed E-state index contributed by atoms with van der Waals surface area (Å²) in [4.78, 5) is 23.7. The number of anilines is 1. The number of carbonyl (C=O) groups excluding carboxylic acids is 2. The number of carbonyl (C=O) groups is 2. The van der Waals surface area contributed by atoms with Gasteiger partial charge in [0.1, 0.15) is 0 Å². The summed E-state index contributed by atoms with van der Waals surface area (Å²) < 4.78 is 10.4. The minimum atomic E-state index is -0.391. The summed E-state index contributed by atoms with van der Waals surface area (Å²) in [5, 5.41) is 2.85. The van der Waals surface area contributed by atoms with Gasteiger partial charge in [-0.25, -0.2) is 0 Å². The maximum absolute atomic E-state index is 12.2. The first-order valence-electron chi connectivity index (χ1n) is 6.84. The fraction of sp³-hybridized carbons (Fsp3) is 0.467. The van der Waals surface area contributed by atoms with Crippen molar-refractivity contribution in [2.45, 2.75) is 25.9 Å². The van der Waals surface area contributed by atoms with Gasteiger partial charge in [-0.05, 0) is 25.5 Å². The molecular weight excluding hydrogens is 258 g/mol. The molecule has 2 rings (SSSR count). The van der Waals surface area contributed by atoms with Crippen LogP contribution in [0.25, 0.3) is 0 Å². The summed E-state index contributed by atoms with van der Waals surface area (Å²) in [6.07, 6.45) is 0.362. The smallest absolute Gasteiger partial charge is 0.308 e. The summed E-state index contributed by atoms with van der Waals surface area (Å²) >= 11 is 0. The molecule has 2 atom stereocenters. The molecule has 1 aromatic carbocycles. The Labute approximate surface area is 118 Å². The van der Waals surface area contributed by atoms with Gasteiger partial charge in [0.05, 0.1) is 25.0 Å². The Bertz CT molecular complexity index is 460. The molecule has 0 aromatic heterocycles. The molecule has 1 aliphatic heterocycles. The Morgan fingerprint density at radius 1 is 1.35 bits per heavy atom. The zero-order valence-corrected chi connectivity index (χ0v) is 11.5. The van der Waals surface area contributed by atoms with Gasteiger partial charge in [0, 0.05) is 12.3 Å². The molecule has 1 amide bonds. The highest BCUT2D eigenvalue weighted by atomic mass is 16.5. The second-order valence-electron chi connectivity index (χ2n) is 4.67. The Hall–Kier alpha value is -1.88. The van der Waals surface area contributed by atoms with Crippen LogP contribution in [0.5, 0.6) is 0 Å². The third-order valence-corrected chi connectivity index (χ3v) is 3.26. The number of para-hydroxylation sites is 1. The van der Waals surface area contributed by atoms with E-state index in [1.165, 1.54) is 0 Å². The van der Waals surface area contributed by atoms with Crippen molar-refractivity contribution in [2.24, 2.45) is 5.92 Å². The van der Waals surface area contributed by atoms with Crippen molar-refractivity contribution in [3.8, 4) is 0 Å². The first-order chi connectivity index (χ1) is 9.70. The van der Waals surface area contributed by atoms with Gasteiger partial charge in [0.15, 0.2) is 0 Å². The summed E-state index contributed by atoms with van der Waals surface area (Å²) in [6.45, 7) is 2.59. The molecule has 0 aliphatic carbocycles. The van der Waals surface area contributed by atoms with E-state index in [0.29, 0.717) is 19.6 Å². The zero-order valence-electron chi connectivity index (χ0n) is 11.5. The quantitative estimate of drug-likeness (QED) is 0.836. The standard InChI is InChI=1S/C15H19NO4/c1-2-19-14(17)10-13-12(8-9-20-13)15(18)16-11-6-4-3-5-7-11/h3-7,12-13H,2,8-10H2,1H3,(H,16,18)/t12-,13+/m1/s1. The molecule has 1 N–H and O–H groups in total. The first-order valence-corrected chi connectivity index (χ1v) is 6.84. The Balaban J connectivity index is 1.93. The van der Waals surface area contributed by atoms with Crippen molar-refractivity contribution in [1.82, 2.24) is 0 Å². The van der Waals surface area contributed by atoms with Crippen molar-refractivity contribution in [1.29, 1.82) is 0 Å². The molecular formula is C15H19NO4. The molecule has 1 saturated heterocycles. The van der Waals surface area contributed by atoms with E-state index in [-0.39, 0.29) is 24.2 Å². The van der Waals surface area contributed by atoms with Crippen LogP contribution in [-0.2, 0) is 19.1 Å². The number of rotatable bonds is 5. The van der Waals surface area contributed by atoms with Crippen LogP contribution in [0.4, 0.5) is 5.69 Å². The van der Waals surface area contributed by atoms with Crippen LogP contribution in [0.15, 0.2) is 30.3 Å². The van der Waals surface area contributed by atoms with Gasteiger partial charge in [-0.15, -0.1) is 0 Å². The van der Waals surface area contributed by atoms with Crippen LogP contribution in [0.1, 0.15) is 19.8 Å². The van der Waals surface area contributed by atoms with E-state index in [0.717, 1.165) is 5.69 Å². The third-order valence-electron chi connectivity index (χ3n) is 3.26. The molecule has 20 heavy (non-hydrogen) atoms. The van der Waals surface area contributed by atoms with E-state index in [1.54, 1.807) is 6.92 Å². The van der Waals surface area contributed by atoms with Crippen molar-refractivity contribution < 1.29 is 19.1 Å². The molecule has 1 fully saturated rings. The highest BCUT2D eigenvalue weighted by Gasteiger charge is 2.35. The van der Waals surface area contributed by atoms with Crippen LogP contribution < -0.4 is 5.32 Å². The van der Waals surface area contributed by atoms with Crippen LogP contribution in [0, 0.1) is 5.92 Å². The van der Waals surface area contributed by atoms with Gasteiger partial charge >= 0.3 is 5.97 Å². The highest BCUT2D eigenvalue weighted by Crippen LogP contribution is 2.25. The number of benzene rings is 1. The number of ether oxygens (including phenoxy) is 2. The highest BCUT2D eigenvalue weighted by molar-refractivity contribution is 5.93. The summed E-state index contributed by atoms with van der Waals surface area (Å²) in [6, 6.07) is 9.26. The Morgan fingerprint density at radius 2 is 2.10 bits per heavy atom. The fourth-order valence-corrected chi connectivity index (χ4v) is 2.29. The summed E-state index contributed by atoms with van der Waals surface area (Å²) in [5.41, 5.74) is 0.749. The van der Waals surface area contributed by atoms with Gasteiger partial charge in [-0.3, -0.25) is 9.59 Å². The van der Waals surface area contributed by atoms with Crippen molar-refractivity contribution >= 4 is 17.6 Å². The minimum Gasteiger partial charge on any atom is -0.466 e. The lowest BCUT2D eigenvalue weighted by atomic mass is 9.98. The molecule has 1 aromatic rings. The number of hydrogen-bond acceptors (Lipinski definition) is 4. The van der Waals surface area contributed by atoms with Gasteiger partial charge < -0.3 is 14.8 Å². The zero-order chi connectivity index (χ0) is 14.4. The van der Waals surface area contributed by atoms with Crippen LogP contribution >= 0.6 is 0 Å². The maximum Gasteiger partial charge on any atom is 0.308 e. The van der Waals surface area contributed by atoms with Crippen molar-refractivity contribution in [3.63, 3.8) is 0 Å². The second-order valence-corrected chi connectivity index (χ2v) is 4.67. The molecule has 0 bridgehead atoms. The molecule has 5 heteroatoms. The van der Waals surface area contributed by atoms with E-state index >= 15 is 0 Å². The van der Waals surface area contributed by atoms with Gasteiger partial charge in [0.2, 0.25) is 5.91 Å². The molecule has 0 radical (unpaired) electrons. The Kier molecular flexibility index (Phi) is 5.12. The van der Waals surface area contributed by atoms with Crippen molar-refractivity contribution in [2.75, 3.05) is 18.5 Å². The number of esters is 1. The second kappa shape index (κ2) is 7.05. The van der Waals surface area contributed by atoms with E-state index in [4.69, 9.17) is 9.47 Å². The lowest BCUT2D eigenvalue weighted by Gasteiger charge is -2.17. The molecule has 1 aliphatic rings. The lowest BCUT2D eigenvalue weighted by Crippen LogP contribution is -2.31. The minimum absolute atomic E-state index is 0.108. The van der Waals surface area contributed by atoms with Crippen LogP contribution in [0.3, 0.4) is 0 Å². The fourth-order valence-electron chi connectivity index (χ4n) is 2.29. The Morgan fingerprint density at radius 3 is 2.80 bits per heavy atom. The van der Waals surface area contributed by atoms with Gasteiger partial charge in [0.25, 0.3) is 0 Å². The average molecular weight is 277 g/mol. The van der Waals surface area contributed by atoms with Crippen molar-refractivity contribution in [3.05, 3.63) is 30.3 Å². The SMILES string of the molecule is CCOC(=O)C[C@@H]1OCC[C@H]1C(=O)Nc1ccccc1. The molecule has 5 nitrogen and oxygen atoms in total. The number of nitrogens with one attached hydrogen (secondary N) is 1. The number of hydrogen-bond donors (Lipinski definition) is 1. The third kappa shape index (κ3) is 3.81. The van der Waals surface area contributed by atoms with Crippen LogP contribution in [-0.4, -0.2) is 31.2 Å².